The predicted molar refractivity (Wildman–Crippen MR) is 85.3 cm³/mol. The molecule has 4 nitrogen and oxygen atoms in total. The third kappa shape index (κ3) is 4.05. The normalized spacial score (nSPS) is 12.0. The lowest BCUT2D eigenvalue weighted by atomic mass is 9.92. The van der Waals surface area contributed by atoms with Gasteiger partial charge in [-0.25, -0.2) is 9.97 Å². The van der Waals surface area contributed by atoms with Crippen molar-refractivity contribution in [2.45, 2.75) is 32.6 Å². The summed E-state index contributed by atoms with van der Waals surface area (Å²) in [5, 5.41) is 3.16. The zero-order chi connectivity index (χ0) is 13.9. The topological polar surface area (TPSA) is 41.1 Å². The van der Waals surface area contributed by atoms with Crippen molar-refractivity contribution < 1.29 is 0 Å². The van der Waals surface area contributed by atoms with Crippen LogP contribution in [-0.4, -0.2) is 42.6 Å². The summed E-state index contributed by atoms with van der Waals surface area (Å²) >= 11 is 2.33. The summed E-state index contributed by atoms with van der Waals surface area (Å²) in [6, 6.07) is 0. The fraction of sp³-hybridized carbons (Fsp3) is 0.692. The van der Waals surface area contributed by atoms with Gasteiger partial charge < -0.3 is 10.2 Å². The number of nitrogens with one attached hydrogen (secondary N) is 1. The second-order valence-corrected chi connectivity index (χ2v) is 6.78. The molecule has 0 bridgehead atoms. The molecule has 0 atom stereocenters. The molecule has 1 rings (SSSR count). The van der Waals surface area contributed by atoms with E-state index in [2.05, 4.69) is 72.7 Å². The fourth-order valence-electron chi connectivity index (χ4n) is 1.59. The summed E-state index contributed by atoms with van der Waals surface area (Å²) in [6.07, 6.45) is 0.877. The Balaban J connectivity index is 3.14. The molecule has 18 heavy (non-hydrogen) atoms. The molecule has 0 aliphatic rings. The van der Waals surface area contributed by atoms with Crippen molar-refractivity contribution in [3.8, 4) is 0 Å². The summed E-state index contributed by atoms with van der Waals surface area (Å²) in [5.74, 6) is 1.85. The van der Waals surface area contributed by atoms with Gasteiger partial charge in [0.1, 0.15) is 11.6 Å². The molecule has 0 aromatic carbocycles. The van der Waals surface area contributed by atoms with Gasteiger partial charge in [-0.2, -0.15) is 0 Å². The molecule has 0 unspecified atom stereocenters. The number of nitrogens with zero attached hydrogens (tertiary/aromatic N) is 3. The lowest BCUT2D eigenvalue weighted by Gasteiger charge is -2.22. The van der Waals surface area contributed by atoms with Crippen molar-refractivity contribution >= 4 is 28.4 Å². The van der Waals surface area contributed by atoms with Gasteiger partial charge in [-0.05, 0) is 36.7 Å². The number of likely N-dealkylation sites (N-methyl/N-ethyl adjacent to an activating group) is 1. The van der Waals surface area contributed by atoms with E-state index in [1.165, 1.54) is 0 Å². The Bertz CT molecular complexity index is 410. The maximum atomic E-state index is 4.74. The first-order valence-electron chi connectivity index (χ1n) is 6.15. The van der Waals surface area contributed by atoms with Crippen molar-refractivity contribution in [3.63, 3.8) is 0 Å². The monoisotopic (exact) mass is 362 g/mol. The van der Waals surface area contributed by atoms with E-state index in [1.54, 1.807) is 0 Å². The van der Waals surface area contributed by atoms with Crippen LogP contribution < -0.4 is 5.32 Å². The van der Waals surface area contributed by atoms with Gasteiger partial charge in [0.05, 0.1) is 9.26 Å². The van der Waals surface area contributed by atoms with E-state index < -0.39 is 0 Å². The highest BCUT2D eigenvalue weighted by Gasteiger charge is 2.22. The minimum Gasteiger partial charge on any atom is -0.372 e. The smallest absolute Gasteiger partial charge is 0.143 e. The van der Waals surface area contributed by atoms with Crippen molar-refractivity contribution in [1.29, 1.82) is 0 Å². The van der Waals surface area contributed by atoms with Gasteiger partial charge in [0.2, 0.25) is 0 Å². The lowest BCUT2D eigenvalue weighted by Crippen LogP contribution is -2.21. The number of rotatable bonds is 4. The van der Waals surface area contributed by atoms with E-state index in [9.17, 15) is 0 Å². The molecule has 5 heteroatoms. The largest absolute Gasteiger partial charge is 0.372 e. The van der Waals surface area contributed by atoms with E-state index in [1.807, 2.05) is 7.05 Å². The average molecular weight is 362 g/mol. The first-order valence-corrected chi connectivity index (χ1v) is 7.23. The van der Waals surface area contributed by atoms with Crippen molar-refractivity contribution in [2.75, 3.05) is 33.0 Å². The first kappa shape index (κ1) is 15.6. The molecular formula is C13H23IN4. The molecule has 0 saturated heterocycles. The molecule has 0 aliphatic carbocycles. The zero-order valence-corrected chi connectivity index (χ0v) is 14.3. The Morgan fingerprint density at radius 2 is 1.83 bits per heavy atom. The fourth-order valence-corrected chi connectivity index (χ4v) is 2.91. The molecule has 0 aliphatic heterocycles. The molecule has 0 fully saturated rings. The van der Waals surface area contributed by atoms with Gasteiger partial charge in [0.25, 0.3) is 0 Å². The van der Waals surface area contributed by atoms with Gasteiger partial charge in [-0.15, -0.1) is 0 Å². The van der Waals surface area contributed by atoms with Gasteiger partial charge >= 0.3 is 0 Å². The van der Waals surface area contributed by atoms with Crippen LogP contribution in [0.4, 0.5) is 5.82 Å². The van der Waals surface area contributed by atoms with Crippen LogP contribution in [0.25, 0.3) is 0 Å². The van der Waals surface area contributed by atoms with E-state index >= 15 is 0 Å². The molecule has 102 valence electrons. The van der Waals surface area contributed by atoms with Crippen LogP contribution in [0.3, 0.4) is 0 Å². The Morgan fingerprint density at radius 1 is 1.22 bits per heavy atom. The van der Waals surface area contributed by atoms with Gasteiger partial charge in [0.15, 0.2) is 0 Å². The third-order valence-electron chi connectivity index (χ3n) is 2.63. The molecular weight excluding hydrogens is 339 g/mol. The average Bonchev–Trinajstić information content (AvgIpc) is 2.25. The van der Waals surface area contributed by atoms with Gasteiger partial charge in [-0.1, -0.05) is 20.8 Å². The second kappa shape index (κ2) is 6.14. The minimum absolute atomic E-state index is 0.0396. The molecule has 0 amide bonds. The Kier molecular flexibility index (Phi) is 5.33. The summed E-state index contributed by atoms with van der Waals surface area (Å²) in [4.78, 5) is 11.5. The highest BCUT2D eigenvalue weighted by Crippen LogP contribution is 2.29. The van der Waals surface area contributed by atoms with Crippen molar-refractivity contribution in [1.82, 2.24) is 14.9 Å². The van der Waals surface area contributed by atoms with Crippen LogP contribution in [-0.2, 0) is 11.8 Å². The number of hydrogen-bond donors (Lipinski definition) is 1. The molecule has 1 N–H and O–H groups in total. The molecule has 1 heterocycles. The Labute approximate surface area is 124 Å². The minimum atomic E-state index is 0.0396. The van der Waals surface area contributed by atoms with E-state index in [-0.39, 0.29) is 5.41 Å². The van der Waals surface area contributed by atoms with Gasteiger partial charge in [0, 0.05) is 25.4 Å². The summed E-state index contributed by atoms with van der Waals surface area (Å²) < 4.78 is 1.12. The maximum Gasteiger partial charge on any atom is 0.143 e. The van der Waals surface area contributed by atoms with Crippen LogP contribution in [0.1, 0.15) is 32.3 Å². The van der Waals surface area contributed by atoms with Crippen molar-refractivity contribution in [3.05, 3.63) is 15.1 Å². The number of aromatic nitrogens is 2. The predicted octanol–water partition coefficient (Wildman–Crippen LogP) is 2.52. The summed E-state index contributed by atoms with van der Waals surface area (Å²) in [5.41, 5.74) is 1.16. The Hall–Kier alpha value is -0.430. The molecule has 0 spiro atoms. The second-order valence-electron chi connectivity index (χ2n) is 5.70. The number of anilines is 1. The van der Waals surface area contributed by atoms with Crippen LogP contribution >= 0.6 is 22.6 Å². The van der Waals surface area contributed by atoms with Crippen molar-refractivity contribution in [2.24, 2.45) is 0 Å². The molecule has 1 aromatic rings. The van der Waals surface area contributed by atoms with Crippen LogP contribution in [0.5, 0.6) is 0 Å². The van der Waals surface area contributed by atoms with E-state index in [4.69, 9.17) is 4.98 Å². The summed E-state index contributed by atoms with van der Waals surface area (Å²) in [7, 11) is 6.04. The highest BCUT2D eigenvalue weighted by atomic mass is 127. The van der Waals surface area contributed by atoms with E-state index in [0.29, 0.717) is 0 Å². The highest BCUT2D eigenvalue weighted by molar-refractivity contribution is 14.1. The SMILES string of the molecule is CNc1nc(CCN(C)C)nc(C(C)(C)C)c1I. The number of hydrogen-bond acceptors (Lipinski definition) is 4. The molecule has 1 aromatic heterocycles. The van der Waals surface area contributed by atoms with E-state index in [0.717, 1.165) is 33.9 Å². The quantitative estimate of drug-likeness (QED) is 0.836. The maximum absolute atomic E-state index is 4.74. The standard InChI is InChI=1S/C13H23IN4/c1-13(2,3)11-10(14)12(15-4)17-9(16-11)7-8-18(5)6/h7-8H2,1-6H3,(H,15,16,17). The Morgan fingerprint density at radius 3 is 2.28 bits per heavy atom. The summed E-state index contributed by atoms with van der Waals surface area (Å²) in [6.45, 7) is 7.53. The number of halogens is 1. The lowest BCUT2D eigenvalue weighted by molar-refractivity contribution is 0.408. The van der Waals surface area contributed by atoms with Crippen LogP contribution in [0, 0.1) is 3.57 Å². The molecule has 0 saturated carbocycles. The van der Waals surface area contributed by atoms with Crippen LogP contribution in [0.15, 0.2) is 0 Å². The third-order valence-corrected chi connectivity index (χ3v) is 3.65. The van der Waals surface area contributed by atoms with Gasteiger partial charge in [-0.3, -0.25) is 0 Å². The van der Waals surface area contributed by atoms with Crippen LogP contribution in [0.2, 0.25) is 0 Å². The first-order chi connectivity index (χ1) is 8.25. The zero-order valence-electron chi connectivity index (χ0n) is 12.1. The molecule has 0 radical (unpaired) electrons.